The second kappa shape index (κ2) is 10.8. The van der Waals surface area contributed by atoms with Gasteiger partial charge in [-0.05, 0) is 57.4 Å². The molecule has 0 aromatic heterocycles. The quantitative estimate of drug-likeness (QED) is 0.585. The van der Waals surface area contributed by atoms with Crippen LogP contribution in [0.4, 0.5) is 0 Å². The summed E-state index contributed by atoms with van der Waals surface area (Å²) in [7, 11) is 0. The molecule has 1 aromatic rings. The molecule has 0 spiro atoms. The molecule has 2 aliphatic rings. The predicted octanol–water partition coefficient (Wildman–Crippen LogP) is 2.77. The summed E-state index contributed by atoms with van der Waals surface area (Å²) >= 11 is 0. The number of amides is 1. The molecular weight excluding hydrogens is 396 g/mol. The number of carboxylic acid groups (broad SMARTS) is 1. The fraction of sp³-hybridized carbons (Fsp3) is 0.625. The van der Waals surface area contributed by atoms with Crippen LogP contribution in [0.5, 0.6) is 0 Å². The molecule has 1 saturated heterocycles. The number of aryl methyl sites for hydroxylation is 1. The van der Waals surface area contributed by atoms with Crippen molar-refractivity contribution in [1.29, 1.82) is 0 Å². The Hall–Kier alpha value is -2.41. The summed E-state index contributed by atoms with van der Waals surface area (Å²) in [5.74, 6) is -1.31. The number of hydrogen-bond donors (Lipinski definition) is 2. The van der Waals surface area contributed by atoms with Crippen LogP contribution in [0.25, 0.3) is 0 Å². The summed E-state index contributed by atoms with van der Waals surface area (Å²) in [6.07, 6.45) is 5.62. The second-order valence-electron chi connectivity index (χ2n) is 8.66. The number of benzene rings is 1. The molecule has 7 nitrogen and oxygen atoms in total. The first-order chi connectivity index (χ1) is 14.9. The number of esters is 1. The minimum absolute atomic E-state index is 0.0167. The summed E-state index contributed by atoms with van der Waals surface area (Å²) < 4.78 is 5.22. The summed E-state index contributed by atoms with van der Waals surface area (Å²) in [5.41, 5.74) is 1.10. The normalized spacial score (nSPS) is 24.8. The van der Waals surface area contributed by atoms with Gasteiger partial charge >= 0.3 is 11.9 Å². The third kappa shape index (κ3) is 5.64. The van der Waals surface area contributed by atoms with Gasteiger partial charge in [0.1, 0.15) is 12.1 Å². The minimum Gasteiger partial charge on any atom is -0.480 e. The Kier molecular flexibility index (Phi) is 8.07. The van der Waals surface area contributed by atoms with Crippen molar-refractivity contribution in [3.63, 3.8) is 0 Å². The summed E-state index contributed by atoms with van der Waals surface area (Å²) in [5, 5.41) is 12.9. The van der Waals surface area contributed by atoms with Gasteiger partial charge < -0.3 is 14.7 Å². The van der Waals surface area contributed by atoms with E-state index in [4.69, 9.17) is 4.74 Å². The molecule has 1 aromatic carbocycles. The molecule has 31 heavy (non-hydrogen) atoms. The van der Waals surface area contributed by atoms with Gasteiger partial charge in [0, 0.05) is 6.04 Å². The maximum Gasteiger partial charge on any atom is 0.326 e. The number of aliphatic carboxylic acids is 1. The van der Waals surface area contributed by atoms with Crippen LogP contribution in [-0.4, -0.2) is 58.6 Å². The van der Waals surface area contributed by atoms with Gasteiger partial charge in [-0.3, -0.25) is 14.9 Å². The average Bonchev–Trinajstić information content (AvgIpc) is 3.16. The van der Waals surface area contributed by atoms with Gasteiger partial charge in [-0.1, -0.05) is 43.2 Å². The fourth-order valence-electron chi connectivity index (χ4n) is 5.06. The van der Waals surface area contributed by atoms with Crippen LogP contribution < -0.4 is 5.32 Å². The van der Waals surface area contributed by atoms with Crippen molar-refractivity contribution in [2.45, 2.75) is 83.0 Å². The van der Waals surface area contributed by atoms with E-state index >= 15 is 0 Å². The molecule has 1 amide bonds. The molecule has 2 fully saturated rings. The Balaban J connectivity index is 1.70. The zero-order chi connectivity index (χ0) is 22.4. The number of carbonyl (C=O) groups excluding carboxylic acids is 2. The predicted molar refractivity (Wildman–Crippen MR) is 116 cm³/mol. The Morgan fingerprint density at radius 3 is 2.58 bits per heavy atom. The van der Waals surface area contributed by atoms with Crippen LogP contribution in [0.1, 0.15) is 57.9 Å². The highest BCUT2D eigenvalue weighted by atomic mass is 16.5. The number of carboxylic acids is 1. The molecule has 170 valence electrons. The van der Waals surface area contributed by atoms with E-state index in [2.05, 4.69) is 5.32 Å². The summed E-state index contributed by atoms with van der Waals surface area (Å²) in [6.45, 7) is 3.74. The van der Waals surface area contributed by atoms with E-state index in [0.717, 1.165) is 31.2 Å². The molecule has 3 rings (SSSR count). The Morgan fingerprint density at radius 2 is 1.90 bits per heavy atom. The molecule has 0 bridgehead atoms. The first-order valence-electron chi connectivity index (χ1n) is 11.4. The summed E-state index contributed by atoms with van der Waals surface area (Å²) in [6, 6.07) is 7.75. The number of fused-ring (bicyclic) bond motifs is 1. The van der Waals surface area contributed by atoms with Crippen LogP contribution in [0.15, 0.2) is 30.3 Å². The van der Waals surface area contributed by atoms with E-state index in [1.165, 1.54) is 0 Å². The molecule has 1 aliphatic heterocycles. The lowest BCUT2D eigenvalue weighted by atomic mass is 9.84. The number of ether oxygens (including phenoxy) is 1. The smallest absolute Gasteiger partial charge is 0.326 e. The van der Waals surface area contributed by atoms with E-state index in [-0.39, 0.29) is 30.4 Å². The first kappa shape index (κ1) is 23.3. The molecule has 2 unspecified atom stereocenters. The molecule has 7 heteroatoms. The highest BCUT2D eigenvalue weighted by molar-refractivity contribution is 5.88. The molecule has 1 heterocycles. The van der Waals surface area contributed by atoms with Crippen molar-refractivity contribution in [3.8, 4) is 0 Å². The number of rotatable bonds is 9. The van der Waals surface area contributed by atoms with Gasteiger partial charge in [0.2, 0.25) is 5.91 Å². The van der Waals surface area contributed by atoms with Gasteiger partial charge in [-0.2, -0.15) is 0 Å². The summed E-state index contributed by atoms with van der Waals surface area (Å²) in [4.78, 5) is 39.3. The van der Waals surface area contributed by atoms with Crippen LogP contribution in [0.2, 0.25) is 0 Å². The largest absolute Gasteiger partial charge is 0.480 e. The topological polar surface area (TPSA) is 95.9 Å². The number of nitrogens with one attached hydrogen (secondary N) is 1. The van der Waals surface area contributed by atoms with Gasteiger partial charge in [0.25, 0.3) is 0 Å². The van der Waals surface area contributed by atoms with Crippen molar-refractivity contribution < 1.29 is 24.2 Å². The van der Waals surface area contributed by atoms with Crippen molar-refractivity contribution in [3.05, 3.63) is 35.9 Å². The Bertz CT molecular complexity index is 768. The number of hydrogen-bond acceptors (Lipinski definition) is 5. The van der Waals surface area contributed by atoms with Crippen molar-refractivity contribution in [2.24, 2.45) is 5.92 Å². The van der Waals surface area contributed by atoms with E-state index in [1.54, 1.807) is 18.7 Å². The van der Waals surface area contributed by atoms with E-state index in [0.29, 0.717) is 19.3 Å². The number of nitrogens with zero attached hydrogens (tertiary/aromatic N) is 1. The molecule has 0 radical (unpaired) electrons. The SMILES string of the molecule is CCOC(=O)C(CCc1ccccc1)N[C@@H](C)C(=O)N1C(C(=O)O)C[C@H]2CCCC[C@@H]21. The maximum atomic E-state index is 13.4. The van der Waals surface area contributed by atoms with Gasteiger partial charge in [-0.15, -0.1) is 0 Å². The van der Waals surface area contributed by atoms with Crippen molar-refractivity contribution >= 4 is 17.8 Å². The van der Waals surface area contributed by atoms with Crippen LogP contribution in [-0.2, 0) is 25.5 Å². The van der Waals surface area contributed by atoms with E-state index < -0.39 is 24.1 Å². The van der Waals surface area contributed by atoms with Crippen LogP contribution >= 0.6 is 0 Å². The highest BCUT2D eigenvalue weighted by Crippen LogP contribution is 2.40. The maximum absolute atomic E-state index is 13.4. The molecule has 1 aliphatic carbocycles. The van der Waals surface area contributed by atoms with Gasteiger partial charge in [0.15, 0.2) is 0 Å². The molecular formula is C24H34N2O5. The zero-order valence-corrected chi connectivity index (χ0v) is 18.5. The highest BCUT2D eigenvalue weighted by Gasteiger charge is 2.48. The number of likely N-dealkylation sites (tertiary alicyclic amines) is 1. The lowest BCUT2D eigenvalue weighted by molar-refractivity contribution is -0.152. The Morgan fingerprint density at radius 1 is 1.19 bits per heavy atom. The van der Waals surface area contributed by atoms with Crippen LogP contribution in [0, 0.1) is 5.92 Å². The number of carbonyl (C=O) groups is 3. The zero-order valence-electron chi connectivity index (χ0n) is 18.5. The molecule has 5 atom stereocenters. The van der Waals surface area contributed by atoms with Gasteiger partial charge in [0.05, 0.1) is 12.6 Å². The average molecular weight is 431 g/mol. The molecule has 1 saturated carbocycles. The third-order valence-corrected chi connectivity index (χ3v) is 6.58. The van der Waals surface area contributed by atoms with E-state index in [9.17, 15) is 19.5 Å². The lowest BCUT2D eigenvalue weighted by Crippen LogP contribution is -2.55. The Labute approximate surface area is 184 Å². The monoisotopic (exact) mass is 430 g/mol. The standard InChI is InChI=1S/C24H34N2O5/c1-3-31-24(30)19(14-13-17-9-5-4-6-10-17)25-16(2)22(27)26-20-12-8-7-11-18(20)15-21(26)23(28)29/h4-6,9-10,16,18-21,25H,3,7-8,11-15H2,1-2H3,(H,28,29)/t16-,18+,19?,20-,21?/m0/s1. The van der Waals surface area contributed by atoms with E-state index in [1.807, 2.05) is 30.3 Å². The van der Waals surface area contributed by atoms with Crippen LogP contribution in [0.3, 0.4) is 0 Å². The lowest BCUT2D eigenvalue weighted by Gasteiger charge is -2.35. The minimum atomic E-state index is -0.944. The van der Waals surface area contributed by atoms with Gasteiger partial charge in [-0.25, -0.2) is 4.79 Å². The third-order valence-electron chi connectivity index (χ3n) is 6.58. The fourth-order valence-corrected chi connectivity index (χ4v) is 5.06. The van der Waals surface area contributed by atoms with Crippen molar-refractivity contribution in [2.75, 3.05) is 6.61 Å². The van der Waals surface area contributed by atoms with Crippen molar-refractivity contribution in [1.82, 2.24) is 10.2 Å². The first-order valence-corrected chi connectivity index (χ1v) is 11.4. The second-order valence-corrected chi connectivity index (χ2v) is 8.66. The molecule has 2 N–H and O–H groups in total.